The van der Waals surface area contributed by atoms with E-state index >= 15 is 0 Å². The fraction of sp³-hybridized carbons (Fsp3) is 0.385. The van der Waals surface area contributed by atoms with Crippen molar-refractivity contribution in [3.8, 4) is 0 Å². The van der Waals surface area contributed by atoms with Gasteiger partial charge in [-0.3, -0.25) is 14.5 Å². The Labute approximate surface area is 120 Å². The number of likely N-dealkylation sites (tertiary alicyclic amines) is 1. The predicted octanol–water partition coefficient (Wildman–Crippen LogP) is 1.82. The van der Waals surface area contributed by atoms with Crippen LogP contribution in [0.3, 0.4) is 0 Å². The molecular formula is C13H14ClFN2O3. The number of nitrogens with zero attached hydrogens (tertiary/aromatic N) is 1. The van der Waals surface area contributed by atoms with Crippen molar-refractivity contribution in [1.82, 2.24) is 4.90 Å². The minimum Gasteiger partial charge on any atom is -0.481 e. The second-order valence-corrected chi connectivity index (χ2v) is 5.17. The molecule has 0 spiro atoms. The van der Waals surface area contributed by atoms with Crippen molar-refractivity contribution in [2.24, 2.45) is 5.92 Å². The molecule has 1 fully saturated rings. The average Bonchev–Trinajstić information content (AvgIpc) is 2.81. The number of amides is 1. The van der Waals surface area contributed by atoms with Gasteiger partial charge in [0.2, 0.25) is 5.91 Å². The van der Waals surface area contributed by atoms with Gasteiger partial charge in [-0.05, 0) is 31.2 Å². The molecule has 0 aliphatic carbocycles. The molecule has 108 valence electrons. The number of nitrogens with one attached hydrogen (secondary N) is 1. The number of hydrogen-bond acceptors (Lipinski definition) is 3. The normalized spacial score (nSPS) is 19.0. The highest BCUT2D eigenvalue weighted by molar-refractivity contribution is 6.30. The van der Waals surface area contributed by atoms with Gasteiger partial charge in [0, 0.05) is 11.6 Å². The molecule has 0 saturated carbocycles. The summed E-state index contributed by atoms with van der Waals surface area (Å²) >= 11 is 5.62. The first-order chi connectivity index (χ1) is 9.45. The van der Waals surface area contributed by atoms with Gasteiger partial charge in [-0.2, -0.15) is 0 Å². The number of carbonyl (C=O) groups is 2. The highest BCUT2D eigenvalue weighted by Gasteiger charge is 2.28. The van der Waals surface area contributed by atoms with Gasteiger partial charge < -0.3 is 10.4 Å². The van der Waals surface area contributed by atoms with E-state index < -0.39 is 17.7 Å². The van der Waals surface area contributed by atoms with Gasteiger partial charge in [0.05, 0.1) is 18.2 Å². The van der Waals surface area contributed by atoms with Gasteiger partial charge in [-0.1, -0.05) is 11.6 Å². The van der Waals surface area contributed by atoms with Gasteiger partial charge in [-0.15, -0.1) is 0 Å². The monoisotopic (exact) mass is 300 g/mol. The Morgan fingerprint density at radius 2 is 2.25 bits per heavy atom. The number of rotatable bonds is 4. The van der Waals surface area contributed by atoms with Crippen LogP contribution in [0.15, 0.2) is 18.2 Å². The summed E-state index contributed by atoms with van der Waals surface area (Å²) in [4.78, 5) is 24.3. The van der Waals surface area contributed by atoms with Crippen molar-refractivity contribution < 1.29 is 19.1 Å². The summed E-state index contributed by atoms with van der Waals surface area (Å²) in [7, 11) is 0. The second-order valence-electron chi connectivity index (χ2n) is 4.73. The van der Waals surface area contributed by atoms with Crippen LogP contribution in [0, 0.1) is 11.7 Å². The molecular weight excluding hydrogens is 287 g/mol. The number of aliphatic carboxylic acids is 1. The zero-order valence-corrected chi connectivity index (χ0v) is 11.4. The molecule has 20 heavy (non-hydrogen) atoms. The third-order valence-corrected chi connectivity index (χ3v) is 3.43. The van der Waals surface area contributed by atoms with Crippen LogP contribution in [-0.4, -0.2) is 41.5 Å². The fourth-order valence-corrected chi connectivity index (χ4v) is 2.32. The largest absolute Gasteiger partial charge is 0.481 e. The summed E-state index contributed by atoms with van der Waals surface area (Å²) in [6.45, 7) is 0.936. The highest BCUT2D eigenvalue weighted by atomic mass is 35.5. The Morgan fingerprint density at radius 1 is 1.50 bits per heavy atom. The minimum absolute atomic E-state index is 0.0475. The first-order valence-electron chi connectivity index (χ1n) is 6.16. The average molecular weight is 301 g/mol. The molecule has 1 saturated heterocycles. The number of halogens is 2. The maximum Gasteiger partial charge on any atom is 0.307 e. The molecule has 1 aliphatic heterocycles. The maximum absolute atomic E-state index is 13.5. The molecule has 1 heterocycles. The highest BCUT2D eigenvalue weighted by Crippen LogP contribution is 2.19. The van der Waals surface area contributed by atoms with Crippen molar-refractivity contribution in [1.29, 1.82) is 0 Å². The lowest BCUT2D eigenvalue weighted by Gasteiger charge is -2.15. The molecule has 2 rings (SSSR count). The van der Waals surface area contributed by atoms with E-state index in [1.54, 1.807) is 4.90 Å². The van der Waals surface area contributed by atoms with Gasteiger partial charge in [0.15, 0.2) is 0 Å². The number of anilines is 1. The van der Waals surface area contributed by atoms with E-state index in [9.17, 15) is 14.0 Å². The Kier molecular flexibility index (Phi) is 4.57. The Bertz CT molecular complexity index is 538. The summed E-state index contributed by atoms with van der Waals surface area (Å²) in [5, 5.41) is 11.6. The van der Waals surface area contributed by atoms with Crippen molar-refractivity contribution in [2.45, 2.75) is 6.42 Å². The number of hydrogen-bond donors (Lipinski definition) is 2. The smallest absolute Gasteiger partial charge is 0.307 e. The summed E-state index contributed by atoms with van der Waals surface area (Å²) in [6, 6.07) is 3.99. The molecule has 7 heteroatoms. The van der Waals surface area contributed by atoms with E-state index in [-0.39, 0.29) is 23.2 Å². The van der Waals surface area contributed by atoms with Crippen molar-refractivity contribution in [2.75, 3.05) is 25.0 Å². The molecule has 0 aromatic heterocycles. The number of benzene rings is 1. The zero-order chi connectivity index (χ0) is 14.7. The molecule has 1 aromatic rings. The van der Waals surface area contributed by atoms with Crippen LogP contribution >= 0.6 is 11.6 Å². The molecule has 2 N–H and O–H groups in total. The van der Waals surface area contributed by atoms with Crippen molar-refractivity contribution >= 4 is 29.2 Å². The molecule has 1 amide bonds. The lowest BCUT2D eigenvalue weighted by Crippen LogP contribution is -2.32. The Hall–Kier alpha value is -1.66. The van der Waals surface area contributed by atoms with Crippen LogP contribution in [0.2, 0.25) is 5.02 Å². The van der Waals surface area contributed by atoms with Crippen LogP contribution < -0.4 is 5.32 Å². The number of carboxylic acid groups (broad SMARTS) is 1. The molecule has 0 radical (unpaired) electrons. The lowest BCUT2D eigenvalue weighted by atomic mass is 10.1. The summed E-state index contributed by atoms with van der Waals surface area (Å²) in [5.74, 6) is -2.26. The fourth-order valence-electron chi connectivity index (χ4n) is 2.16. The number of carbonyl (C=O) groups excluding carboxylic acids is 1. The van der Waals surface area contributed by atoms with Crippen molar-refractivity contribution in [3.05, 3.63) is 29.0 Å². The van der Waals surface area contributed by atoms with E-state index in [1.165, 1.54) is 12.1 Å². The summed E-state index contributed by atoms with van der Waals surface area (Å²) in [5.41, 5.74) is 0.0633. The Balaban J connectivity index is 1.88. The predicted molar refractivity (Wildman–Crippen MR) is 72.2 cm³/mol. The maximum atomic E-state index is 13.5. The van der Waals surface area contributed by atoms with Gasteiger partial charge in [-0.25, -0.2) is 4.39 Å². The molecule has 1 aromatic carbocycles. The van der Waals surface area contributed by atoms with Crippen LogP contribution in [0.4, 0.5) is 10.1 Å². The van der Waals surface area contributed by atoms with Crippen LogP contribution in [0.25, 0.3) is 0 Å². The SMILES string of the molecule is O=C(CN1CCC(C(=O)O)C1)Nc1ccc(Cl)cc1F. The van der Waals surface area contributed by atoms with E-state index in [4.69, 9.17) is 16.7 Å². The zero-order valence-electron chi connectivity index (χ0n) is 10.6. The van der Waals surface area contributed by atoms with Gasteiger partial charge >= 0.3 is 5.97 Å². The quantitative estimate of drug-likeness (QED) is 0.890. The lowest BCUT2D eigenvalue weighted by molar-refractivity contribution is -0.141. The molecule has 1 aliphatic rings. The molecule has 1 atom stereocenters. The topological polar surface area (TPSA) is 69.6 Å². The number of carboxylic acids is 1. The van der Waals surface area contributed by atoms with Gasteiger partial charge in [0.1, 0.15) is 5.82 Å². The minimum atomic E-state index is -0.850. The van der Waals surface area contributed by atoms with Crippen molar-refractivity contribution in [3.63, 3.8) is 0 Å². The van der Waals surface area contributed by atoms with Gasteiger partial charge in [0.25, 0.3) is 0 Å². The first kappa shape index (κ1) is 14.7. The van der Waals surface area contributed by atoms with E-state index in [2.05, 4.69) is 5.32 Å². The standard InChI is InChI=1S/C13H14ClFN2O3/c14-9-1-2-11(10(15)5-9)16-12(18)7-17-4-3-8(6-17)13(19)20/h1-2,5,8H,3-4,6-7H2,(H,16,18)(H,19,20). The first-order valence-corrected chi connectivity index (χ1v) is 6.53. The van der Waals surface area contributed by atoms with Crippen LogP contribution in [0.5, 0.6) is 0 Å². The molecule has 5 nitrogen and oxygen atoms in total. The third-order valence-electron chi connectivity index (χ3n) is 3.19. The molecule has 0 bridgehead atoms. The van der Waals surface area contributed by atoms with E-state index in [1.807, 2.05) is 0 Å². The molecule has 1 unspecified atom stereocenters. The van der Waals surface area contributed by atoms with E-state index in [0.29, 0.717) is 19.5 Å². The summed E-state index contributed by atoms with van der Waals surface area (Å²) in [6.07, 6.45) is 0.526. The Morgan fingerprint density at radius 3 is 2.85 bits per heavy atom. The third kappa shape index (κ3) is 3.68. The van der Waals surface area contributed by atoms with E-state index in [0.717, 1.165) is 6.07 Å². The second kappa shape index (κ2) is 6.19. The van der Waals surface area contributed by atoms with Crippen LogP contribution in [-0.2, 0) is 9.59 Å². The summed E-state index contributed by atoms with van der Waals surface area (Å²) < 4.78 is 13.5. The van der Waals surface area contributed by atoms with Crippen LogP contribution in [0.1, 0.15) is 6.42 Å².